The number of amides is 1. The summed E-state index contributed by atoms with van der Waals surface area (Å²) in [6.07, 6.45) is 0. The van der Waals surface area contributed by atoms with Crippen LogP contribution in [-0.4, -0.2) is 26.0 Å². The van der Waals surface area contributed by atoms with Crippen molar-refractivity contribution in [2.24, 2.45) is 11.5 Å². The highest BCUT2D eigenvalue weighted by atomic mass is 16.7. The Morgan fingerprint density at radius 2 is 1.78 bits per heavy atom. The number of hydrogen-bond acceptors (Lipinski definition) is 4. The third-order valence-corrected chi connectivity index (χ3v) is 0.950. The van der Waals surface area contributed by atoms with Gasteiger partial charge in [0.15, 0.2) is 0 Å². The number of carbonyl (C=O) groups excluding carboxylic acids is 1. The molecule has 54 valence electrons. The maximum absolute atomic E-state index is 10.3. The molecule has 0 saturated heterocycles. The Morgan fingerprint density at radius 1 is 1.44 bits per heavy atom. The molecule has 0 radical (unpaired) electrons. The summed E-state index contributed by atoms with van der Waals surface area (Å²) in [4.78, 5) is 10.3. The van der Waals surface area contributed by atoms with Crippen molar-refractivity contribution in [1.82, 2.24) is 0 Å². The minimum Gasteiger partial charge on any atom is -0.364 e. The lowest BCUT2D eigenvalue weighted by molar-refractivity contribution is -0.203. The minimum absolute atomic E-state index is 0.854. The maximum atomic E-state index is 10.3. The van der Waals surface area contributed by atoms with Gasteiger partial charge in [-0.15, -0.1) is 0 Å². The first-order valence-electron chi connectivity index (χ1n) is 2.26. The molecule has 0 rings (SSSR count). The van der Waals surface area contributed by atoms with Gasteiger partial charge < -0.3 is 15.2 Å². The number of carbonyl (C=O) groups is 1. The van der Waals surface area contributed by atoms with Crippen LogP contribution in [-0.2, 0) is 14.3 Å². The van der Waals surface area contributed by atoms with E-state index in [1.165, 1.54) is 14.2 Å². The summed E-state index contributed by atoms with van der Waals surface area (Å²) in [7, 11) is 2.46. The summed E-state index contributed by atoms with van der Waals surface area (Å²) in [5.74, 6) is -2.63. The summed E-state index contributed by atoms with van der Waals surface area (Å²) in [5.41, 5.74) is 9.90. The normalized spacial score (nSPS) is 11.4. The van der Waals surface area contributed by atoms with Crippen molar-refractivity contribution in [3.05, 3.63) is 0 Å². The lowest BCUT2D eigenvalue weighted by Gasteiger charge is -2.20. The molecule has 0 aliphatic heterocycles. The topological polar surface area (TPSA) is 87.6 Å². The van der Waals surface area contributed by atoms with Gasteiger partial charge in [-0.3, -0.25) is 10.5 Å². The Bertz CT molecular complexity index is 110. The Kier molecular flexibility index (Phi) is 2.57. The minimum atomic E-state index is -1.78. The van der Waals surface area contributed by atoms with E-state index in [4.69, 9.17) is 11.5 Å². The first kappa shape index (κ1) is 8.35. The van der Waals surface area contributed by atoms with E-state index >= 15 is 0 Å². The smallest absolute Gasteiger partial charge is 0.307 e. The Balaban J connectivity index is 4.09. The lowest BCUT2D eigenvalue weighted by atomic mass is 10.5. The molecule has 0 aromatic rings. The van der Waals surface area contributed by atoms with Gasteiger partial charge in [0.2, 0.25) is 0 Å². The van der Waals surface area contributed by atoms with E-state index in [1.54, 1.807) is 0 Å². The van der Waals surface area contributed by atoms with E-state index in [2.05, 4.69) is 9.47 Å². The van der Waals surface area contributed by atoms with Crippen LogP contribution < -0.4 is 11.5 Å². The molecular formula is C4H10N2O3. The van der Waals surface area contributed by atoms with Crippen LogP contribution in [0.25, 0.3) is 0 Å². The van der Waals surface area contributed by atoms with Gasteiger partial charge >= 0.3 is 5.91 Å². The third-order valence-electron chi connectivity index (χ3n) is 0.950. The molecule has 5 heteroatoms. The van der Waals surface area contributed by atoms with Gasteiger partial charge in [-0.05, 0) is 0 Å². The summed E-state index contributed by atoms with van der Waals surface area (Å²) in [6.45, 7) is 0. The maximum Gasteiger partial charge on any atom is 0.307 e. The van der Waals surface area contributed by atoms with Crippen molar-refractivity contribution in [1.29, 1.82) is 0 Å². The predicted molar refractivity (Wildman–Crippen MR) is 30.1 cm³/mol. The number of hydrogen-bond donors (Lipinski definition) is 2. The fourth-order valence-corrected chi connectivity index (χ4v) is 0.285. The number of methoxy groups -OCH3 is 2. The molecule has 0 aliphatic carbocycles. The summed E-state index contributed by atoms with van der Waals surface area (Å²) >= 11 is 0. The average Bonchev–Trinajstić information content (AvgIpc) is 1.86. The zero-order valence-electron chi connectivity index (χ0n) is 5.38. The zero-order valence-corrected chi connectivity index (χ0v) is 5.38. The van der Waals surface area contributed by atoms with Crippen LogP contribution in [0.4, 0.5) is 0 Å². The van der Waals surface area contributed by atoms with Crippen molar-refractivity contribution in [2.75, 3.05) is 14.2 Å². The fraction of sp³-hybridized carbons (Fsp3) is 0.750. The van der Waals surface area contributed by atoms with Crippen molar-refractivity contribution in [3.63, 3.8) is 0 Å². The molecule has 9 heavy (non-hydrogen) atoms. The number of rotatable bonds is 3. The Hall–Kier alpha value is -0.650. The molecule has 0 fully saturated rings. The highest BCUT2D eigenvalue weighted by Gasteiger charge is 2.31. The van der Waals surface area contributed by atoms with Gasteiger partial charge in [-0.1, -0.05) is 0 Å². The molecule has 0 spiro atoms. The van der Waals surface area contributed by atoms with Gasteiger partial charge in [-0.25, -0.2) is 0 Å². The van der Waals surface area contributed by atoms with Crippen LogP contribution in [0.2, 0.25) is 0 Å². The van der Waals surface area contributed by atoms with Gasteiger partial charge in [0.1, 0.15) is 0 Å². The van der Waals surface area contributed by atoms with E-state index in [0.717, 1.165) is 0 Å². The van der Waals surface area contributed by atoms with Crippen molar-refractivity contribution in [2.45, 2.75) is 5.91 Å². The molecule has 1 amide bonds. The number of ether oxygens (including phenoxy) is 2. The zero-order chi connectivity index (χ0) is 7.49. The second kappa shape index (κ2) is 2.77. The second-order valence-corrected chi connectivity index (χ2v) is 1.44. The predicted octanol–water partition coefficient (Wildman–Crippen LogP) is -1.62. The second-order valence-electron chi connectivity index (χ2n) is 1.44. The van der Waals surface area contributed by atoms with E-state index in [1.807, 2.05) is 0 Å². The summed E-state index contributed by atoms with van der Waals surface area (Å²) in [5, 5.41) is 0. The Labute approximate surface area is 52.9 Å². The number of nitrogens with two attached hydrogens (primary N) is 2. The molecule has 0 aromatic heterocycles. The quantitative estimate of drug-likeness (QED) is 0.454. The summed E-state index contributed by atoms with van der Waals surface area (Å²) < 4.78 is 8.86. The third kappa shape index (κ3) is 1.63. The van der Waals surface area contributed by atoms with Crippen LogP contribution in [0.1, 0.15) is 0 Å². The first-order chi connectivity index (χ1) is 4.06. The molecule has 4 N–H and O–H groups in total. The summed E-state index contributed by atoms with van der Waals surface area (Å²) in [6, 6.07) is 0. The van der Waals surface area contributed by atoms with Crippen LogP contribution in [0.15, 0.2) is 0 Å². The average molecular weight is 134 g/mol. The monoisotopic (exact) mass is 134 g/mol. The van der Waals surface area contributed by atoms with Crippen LogP contribution in [0, 0.1) is 0 Å². The van der Waals surface area contributed by atoms with Gasteiger partial charge in [0.25, 0.3) is 5.91 Å². The number of primary amides is 1. The first-order valence-corrected chi connectivity index (χ1v) is 2.26. The fourth-order valence-electron chi connectivity index (χ4n) is 0.285. The molecule has 0 atom stereocenters. The SMILES string of the molecule is COC(N)(OC)C(N)=O. The highest BCUT2D eigenvalue weighted by molar-refractivity contribution is 5.81. The molecule has 0 heterocycles. The van der Waals surface area contributed by atoms with Crippen molar-refractivity contribution < 1.29 is 14.3 Å². The van der Waals surface area contributed by atoms with E-state index in [-0.39, 0.29) is 0 Å². The molecule has 5 nitrogen and oxygen atoms in total. The van der Waals surface area contributed by atoms with Gasteiger partial charge in [0, 0.05) is 14.2 Å². The molecule has 0 aliphatic rings. The molecule has 0 bridgehead atoms. The Morgan fingerprint density at radius 3 is 1.78 bits per heavy atom. The van der Waals surface area contributed by atoms with Crippen LogP contribution >= 0.6 is 0 Å². The largest absolute Gasteiger partial charge is 0.364 e. The van der Waals surface area contributed by atoms with E-state index in [9.17, 15) is 4.79 Å². The molecular weight excluding hydrogens is 124 g/mol. The van der Waals surface area contributed by atoms with E-state index < -0.39 is 11.8 Å². The van der Waals surface area contributed by atoms with Crippen molar-refractivity contribution in [3.8, 4) is 0 Å². The lowest BCUT2D eigenvalue weighted by Crippen LogP contribution is -2.55. The molecule has 0 unspecified atom stereocenters. The highest BCUT2D eigenvalue weighted by Crippen LogP contribution is 1.98. The van der Waals surface area contributed by atoms with Crippen LogP contribution in [0.3, 0.4) is 0 Å². The van der Waals surface area contributed by atoms with Crippen LogP contribution in [0.5, 0.6) is 0 Å². The molecule has 0 aromatic carbocycles. The molecule has 0 saturated carbocycles. The van der Waals surface area contributed by atoms with Gasteiger partial charge in [0.05, 0.1) is 0 Å². The van der Waals surface area contributed by atoms with Gasteiger partial charge in [-0.2, -0.15) is 0 Å². The standard InChI is InChI=1S/C4H10N2O3/c1-8-4(6,9-2)3(5)7/h6H2,1-2H3,(H2,5,7). The van der Waals surface area contributed by atoms with E-state index in [0.29, 0.717) is 0 Å². The van der Waals surface area contributed by atoms with Crippen molar-refractivity contribution >= 4 is 5.91 Å².